The quantitative estimate of drug-likeness (QED) is 0.529. The molecule has 1 fully saturated rings. The molecule has 0 aliphatic carbocycles. The van der Waals surface area contributed by atoms with Crippen LogP contribution in [-0.4, -0.2) is 36.1 Å². The standard InChI is InChI=1S/C7H14N2O4/c1-4(8)3-12-6-2-5(7(10)11)13-9-6/h4-6,9H,2-3,8H2,1H3,(H,10,11). The average Bonchev–Trinajstić information content (AvgIpc) is 2.48. The molecular formula is C7H14N2O4. The number of carboxylic acid groups (broad SMARTS) is 1. The molecule has 4 N–H and O–H groups in total. The minimum Gasteiger partial charge on any atom is -0.479 e. The molecule has 1 aliphatic rings. The number of aliphatic carboxylic acids is 1. The number of hydrogen-bond acceptors (Lipinski definition) is 5. The molecule has 1 rings (SSSR count). The molecule has 3 unspecified atom stereocenters. The van der Waals surface area contributed by atoms with E-state index in [-0.39, 0.29) is 12.3 Å². The molecule has 0 aromatic heterocycles. The monoisotopic (exact) mass is 190 g/mol. The van der Waals surface area contributed by atoms with E-state index in [2.05, 4.69) is 5.48 Å². The Hall–Kier alpha value is -0.690. The largest absolute Gasteiger partial charge is 0.479 e. The number of rotatable bonds is 4. The first-order chi connectivity index (χ1) is 6.09. The fourth-order valence-corrected chi connectivity index (χ4v) is 0.970. The van der Waals surface area contributed by atoms with Gasteiger partial charge in [0.1, 0.15) is 6.23 Å². The van der Waals surface area contributed by atoms with Gasteiger partial charge in [0.25, 0.3) is 0 Å². The Balaban J connectivity index is 2.21. The smallest absolute Gasteiger partial charge is 0.335 e. The van der Waals surface area contributed by atoms with Gasteiger partial charge in [-0.2, -0.15) is 5.48 Å². The highest BCUT2D eigenvalue weighted by Crippen LogP contribution is 2.11. The van der Waals surface area contributed by atoms with E-state index in [1.807, 2.05) is 6.92 Å². The first kappa shape index (κ1) is 10.4. The van der Waals surface area contributed by atoms with Crippen molar-refractivity contribution in [3.05, 3.63) is 0 Å². The van der Waals surface area contributed by atoms with Gasteiger partial charge >= 0.3 is 5.97 Å². The first-order valence-corrected chi connectivity index (χ1v) is 4.10. The van der Waals surface area contributed by atoms with E-state index in [1.54, 1.807) is 0 Å². The topological polar surface area (TPSA) is 93.8 Å². The van der Waals surface area contributed by atoms with Crippen LogP contribution in [0.1, 0.15) is 13.3 Å². The molecule has 6 heteroatoms. The molecule has 1 heterocycles. The van der Waals surface area contributed by atoms with Crippen molar-refractivity contribution in [3.8, 4) is 0 Å². The number of nitrogens with two attached hydrogens (primary N) is 1. The van der Waals surface area contributed by atoms with Crippen molar-refractivity contribution in [2.75, 3.05) is 6.61 Å². The Morgan fingerprint density at radius 3 is 3.08 bits per heavy atom. The predicted molar refractivity (Wildman–Crippen MR) is 43.7 cm³/mol. The SMILES string of the molecule is CC(N)COC1CC(C(=O)O)ON1. The summed E-state index contributed by atoms with van der Waals surface area (Å²) in [5, 5.41) is 8.56. The summed E-state index contributed by atoms with van der Waals surface area (Å²) in [5.74, 6) is -0.987. The maximum Gasteiger partial charge on any atom is 0.335 e. The fraction of sp³-hybridized carbons (Fsp3) is 0.857. The van der Waals surface area contributed by atoms with E-state index < -0.39 is 12.1 Å². The van der Waals surface area contributed by atoms with Crippen molar-refractivity contribution in [1.82, 2.24) is 5.48 Å². The molecule has 0 amide bonds. The van der Waals surface area contributed by atoms with Crippen LogP contribution in [0.5, 0.6) is 0 Å². The number of nitrogens with one attached hydrogen (secondary N) is 1. The van der Waals surface area contributed by atoms with E-state index >= 15 is 0 Å². The van der Waals surface area contributed by atoms with E-state index in [1.165, 1.54) is 0 Å². The third-order valence-electron chi connectivity index (χ3n) is 1.61. The Labute approximate surface area is 75.9 Å². The Kier molecular flexibility index (Phi) is 3.61. The third kappa shape index (κ3) is 3.27. The second-order valence-corrected chi connectivity index (χ2v) is 3.10. The van der Waals surface area contributed by atoms with Gasteiger partial charge in [-0.05, 0) is 6.92 Å². The van der Waals surface area contributed by atoms with Gasteiger partial charge in [-0.1, -0.05) is 0 Å². The highest BCUT2D eigenvalue weighted by Gasteiger charge is 2.31. The van der Waals surface area contributed by atoms with Gasteiger partial charge < -0.3 is 15.6 Å². The lowest BCUT2D eigenvalue weighted by Crippen LogP contribution is -2.30. The van der Waals surface area contributed by atoms with Gasteiger partial charge in [0.05, 0.1) is 6.61 Å². The number of carboxylic acids is 1. The summed E-state index contributed by atoms with van der Waals surface area (Å²) in [5.41, 5.74) is 7.94. The molecule has 13 heavy (non-hydrogen) atoms. The summed E-state index contributed by atoms with van der Waals surface area (Å²) in [4.78, 5) is 15.2. The van der Waals surface area contributed by atoms with Gasteiger partial charge in [-0.15, -0.1) is 0 Å². The van der Waals surface area contributed by atoms with Crippen LogP contribution in [0.15, 0.2) is 0 Å². The van der Waals surface area contributed by atoms with Crippen molar-refractivity contribution < 1.29 is 19.5 Å². The third-order valence-corrected chi connectivity index (χ3v) is 1.61. The molecule has 0 aromatic rings. The van der Waals surface area contributed by atoms with Crippen molar-refractivity contribution >= 4 is 5.97 Å². The lowest BCUT2D eigenvalue weighted by Gasteiger charge is -2.11. The zero-order valence-corrected chi connectivity index (χ0v) is 7.40. The molecule has 76 valence electrons. The van der Waals surface area contributed by atoms with Crippen LogP contribution in [0.4, 0.5) is 0 Å². The van der Waals surface area contributed by atoms with Crippen LogP contribution < -0.4 is 11.2 Å². The fourth-order valence-electron chi connectivity index (χ4n) is 0.970. The van der Waals surface area contributed by atoms with E-state index in [9.17, 15) is 4.79 Å². The van der Waals surface area contributed by atoms with Gasteiger partial charge in [-0.25, -0.2) is 4.79 Å². The first-order valence-electron chi connectivity index (χ1n) is 4.10. The van der Waals surface area contributed by atoms with Crippen molar-refractivity contribution in [1.29, 1.82) is 0 Å². The summed E-state index contributed by atoms with van der Waals surface area (Å²) in [6.07, 6.45) is -0.882. The number of hydroxylamine groups is 1. The van der Waals surface area contributed by atoms with Crippen LogP contribution in [-0.2, 0) is 14.4 Å². The molecule has 0 radical (unpaired) electrons. The molecule has 1 aliphatic heterocycles. The zero-order valence-electron chi connectivity index (χ0n) is 7.40. The zero-order chi connectivity index (χ0) is 9.84. The second kappa shape index (κ2) is 4.52. The molecule has 0 saturated carbocycles. The maximum atomic E-state index is 10.4. The maximum absolute atomic E-state index is 10.4. The lowest BCUT2D eigenvalue weighted by atomic mass is 10.2. The predicted octanol–water partition coefficient (Wildman–Crippen LogP) is -0.946. The Bertz CT molecular complexity index is 185. The molecule has 3 atom stereocenters. The minimum absolute atomic E-state index is 0.0642. The normalized spacial score (nSPS) is 30.3. The van der Waals surface area contributed by atoms with Crippen LogP contribution in [0.3, 0.4) is 0 Å². The van der Waals surface area contributed by atoms with E-state index in [0.717, 1.165) is 0 Å². The number of hydrogen-bond donors (Lipinski definition) is 3. The van der Waals surface area contributed by atoms with Gasteiger partial charge in [0.15, 0.2) is 6.10 Å². The van der Waals surface area contributed by atoms with Crippen LogP contribution >= 0.6 is 0 Å². The lowest BCUT2D eigenvalue weighted by molar-refractivity contribution is -0.150. The van der Waals surface area contributed by atoms with E-state index in [4.69, 9.17) is 20.4 Å². The number of carbonyl (C=O) groups is 1. The molecule has 1 saturated heterocycles. The number of ether oxygens (including phenoxy) is 1. The summed E-state index contributed by atoms with van der Waals surface area (Å²) in [7, 11) is 0. The minimum atomic E-state index is -0.987. The van der Waals surface area contributed by atoms with Crippen LogP contribution in [0.2, 0.25) is 0 Å². The summed E-state index contributed by atoms with van der Waals surface area (Å²) >= 11 is 0. The summed E-state index contributed by atoms with van der Waals surface area (Å²) < 4.78 is 5.22. The van der Waals surface area contributed by atoms with Crippen LogP contribution in [0, 0.1) is 0 Å². The Morgan fingerprint density at radius 2 is 2.62 bits per heavy atom. The van der Waals surface area contributed by atoms with Gasteiger partial charge in [0.2, 0.25) is 0 Å². The highest BCUT2D eigenvalue weighted by atomic mass is 16.7. The van der Waals surface area contributed by atoms with E-state index in [0.29, 0.717) is 13.0 Å². The van der Waals surface area contributed by atoms with Crippen molar-refractivity contribution in [2.45, 2.75) is 31.7 Å². The average molecular weight is 190 g/mol. The van der Waals surface area contributed by atoms with Gasteiger partial charge in [-0.3, -0.25) is 4.84 Å². The highest BCUT2D eigenvalue weighted by molar-refractivity contribution is 5.72. The molecule has 0 spiro atoms. The molecule has 0 aromatic carbocycles. The van der Waals surface area contributed by atoms with Crippen molar-refractivity contribution in [3.63, 3.8) is 0 Å². The van der Waals surface area contributed by atoms with Crippen molar-refractivity contribution in [2.24, 2.45) is 5.73 Å². The molecule has 6 nitrogen and oxygen atoms in total. The Morgan fingerprint density at radius 1 is 1.92 bits per heavy atom. The summed E-state index contributed by atoms with van der Waals surface area (Å²) in [6.45, 7) is 2.19. The molecular weight excluding hydrogens is 176 g/mol. The van der Waals surface area contributed by atoms with Gasteiger partial charge in [0, 0.05) is 12.5 Å². The summed E-state index contributed by atoms with van der Waals surface area (Å²) in [6, 6.07) is -0.0642. The van der Waals surface area contributed by atoms with Crippen LogP contribution in [0.25, 0.3) is 0 Å². The molecule has 0 bridgehead atoms. The second-order valence-electron chi connectivity index (χ2n) is 3.10.